The van der Waals surface area contributed by atoms with Gasteiger partial charge in [0.2, 0.25) is 0 Å². The van der Waals surface area contributed by atoms with Crippen LogP contribution in [0.1, 0.15) is 162 Å². The molecule has 5 heteroatoms. The minimum atomic E-state index is -0.0370. The minimum Gasteiger partial charge on any atom is -0.311 e. The Labute approximate surface area is 482 Å². The maximum Gasteiger partial charge on any atom is 0.264 e. The second kappa shape index (κ2) is 18.1. The summed E-state index contributed by atoms with van der Waals surface area (Å²) < 4.78 is 2.78. The molecule has 0 radical (unpaired) electrons. The smallest absolute Gasteiger partial charge is 0.264 e. The van der Waals surface area contributed by atoms with E-state index in [0.29, 0.717) is 0 Å². The summed E-state index contributed by atoms with van der Waals surface area (Å²) in [5.41, 5.74) is 26.3. The summed E-state index contributed by atoms with van der Waals surface area (Å²) in [4.78, 5) is 7.78. The highest BCUT2D eigenvalue weighted by Crippen LogP contribution is 2.55. The average Bonchev–Trinajstić information content (AvgIpc) is 3.81. The SMILES string of the molecule is Cc1cc2c(cc1-c1cc3c4c(c1)N(c1ccc(C(C)(C)C)cc1)c1c(sc5cc6c(cc15)C(C)(C)CCC6(C)C)B4c1ccc(N(c4ccccc4)c4ccccc4)cc1N3c1ccc(C(C)(C)C)cc1)C(C)(C)CCC2(C)C. The Morgan fingerprint density at radius 1 is 0.463 bits per heavy atom. The van der Waals surface area contributed by atoms with E-state index in [4.69, 9.17) is 0 Å². The lowest BCUT2D eigenvalue weighted by molar-refractivity contribution is 0.332. The van der Waals surface area contributed by atoms with Crippen LogP contribution < -0.4 is 30.4 Å². The number of hydrogen-bond acceptors (Lipinski definition) is 4. The van der Waals surface area contributed by atoms with Gasteiger partial charge < -0.3 is 14.7 Å². The molecule has 1 aromatic heterocycles. The molecular weight excluding hydrogens is 986 g/mol. The van der Waals surface area contributed by atoms with Crippen LogP contribution in [0.4, 0.5) is 51.2 Å². The predicted octanol–water partition coefficient (Wildman–Crippen LogP) is 19.7. The summed E-state index contributed by atoms with van der Waals surface area (Å²) in [5, 5.41) is 1.36. The van der Waals surface area contributed by atoms with E-state index in [0.717, 1.165) is 29.2 Å². The van der Waals surface area contributed by atoms with Crippen LogP contribution in [-0.2, 0) is 32.5 Å². The lowest BCUT2D eigenvalue weighted by Crippen LogP contribution is -2.60. The Balaban J connectivity index is 1.17. The molecule has 0 saturated heterocycles. The summed E-state index contributed by atoms with van der Waals surface area (Å²) >= 11 is 2.04. The maximum absolute atomic E-state index is 2.71. The number of aryl methyl sites for hydroxylation is 1. The van der Waals surface area contributed by atoms with Gasteiger partial charge in [0.05, 0.1) is 5.69 Å². The van der Waals surface area contributed by atoms with E-state index < -0.39 is 0 Å². The van der Waals surface area contributed by atoms with E-state index in [1.165, 1.54) is 124 Å². The molecule has 13 rings (SSSR count). The molecule has 0 bridgehead atoms. The molecule has 80 heavy (non-hydrogen) atoms. The first-order valence-corrected chi connectivity index (χ1v) is 30.4. The van der Waals surface area contributed by atoms with Crippen molar-refractivity contribution in [1.29, 1.82) is 0 Å². The number of para-hydroxylation sites is 2. The molecule has 0 unspecified atom stereocenters. The van der Waals surface area contributed by atoms with Crippen molar-refractivity contribution in [1.82, 2.24) is 0 Å². The molecule has 404 valence electrons. The average molecular weight is 1070 g/mol. The second-order valence-corrected chi connectivity index (χ2v) is 29.9. The molecule has 0 atom stereocenters. The van der Waals surface area contributed by atoms with Crippen LogP contribution in [0.3, 0.4) is 0 Å². The lowest BCUT2D eigenvalue weighted by atomic mass is 9.36. The van der Waals surface area contributed by atoms with Crippen molar-refractivity contribution in [3.8, 4) is 11.1 Å². The van der Waals surface area contributed by atoms with Gasteiger partial charge in [-0.3, -0.25) is 0 Å². The Bertz CT molecular complexity index is 3880. The number of rotatable bonds is 6. The first kappa shape index (κ1) is 52.6. The van der Waals surface area contributed by atoms with Crippen LogP contribution in [0.15, 0.2) is 164 Å². The molecule has 0 N–H and O–H groups in total. The van der Waals surface area contributed by atoms with Gasteiger partial charge >= 0.3 is 0 Å². The number of benzene rings is 8. The predicted molar refractivity (Wildman–Crippen MR) is 349 cm³/mol. The summed E-state index contributed by atoms with van der Waals surface area (Å²) in [6, 6.07) is 64.0. The Morgan fingerprint density at radius 2 is 0.925 bits per heavy atom. The van der Waals surface area contributed by atoms with E-state index in [-0.39, 0.29) is 39.2 Å². The molecule has 2 aliphatic carbocycles. The zero-order valence-corrected chi connectivity index (χ0v) is 51.1. The third kappa shape index (κ3) is 8.41. The zero-order valence-electron chi connectivity index (χ0n) is 50.2. The van der Waals surface area contributed by atoms with Gasteiger partial charge in [0.15, 0.2) is 0 Å². The van der Waals surface area contributed by atoms with Crippen molar-refractivity contribution >= 4 is 95.0 Å². The van der Waals surface area contributed by atoms with E-state index in [1.54, 1.807) is 0 Å². The van der Waals surface area contributed by atoms with Gasteiger partial charge in [-0.2, -0.15) is 0 Å². The van der Waals surface area contributed by atoms with Gasteiger partial charge in [0.25, 0.3) is 6.71 Å². The fraction of sp³-hybridized carbons (Fsp3) is 0.333. The van der Waals surface area contributed by atoms with Gasteiger partial charge in [-0.1, -0.05) is 176 Å². The number of fused-ring (bicyclic) bond motifs is 8. The van der Waals surface area contributed by atoms with Crippen LogP contribution in [0.5, 0.6) is 0 Å². The third-order valence-electron chi connectivity index (χ3n) is 19.4. The fourth-order valence-corrected chi connectivity index (χ4v) is 15.6. The standard InChI is InChI=1S/C75H80BN3S/c1-47-40-58-59(73(10,11)37-36-72(58,8)9)44-56(47)48-41-64-67-65(42-48)79(54-32-28-50(29-33-54)71(5,6)7)68-57-45-60-61(75(14,15)39-38-74(60,12)13)46-66(57)80-69(68)76(67)62-35-34-55(77(51-22-18-16-19-23-51)52-24-20-17-21-25-52)43-63(62)78(64)53-30-26-49(27-31-53)70(2,3)4/h16-35,40-46H,36-39H2,1-15H3. The van der Waals surface area contributed by atoms with E-state index >= 15 is 0 Å². The number of nitrogens with zero attached hydrogens (tertiary/aromatic N) is 3. The molecule has 0 saturated carbocycles. The molecule has 3 heterocycles. The molecular formula is C75H80BN3S. The summed E-state index contributed by atoms with van der Waals surface area (Å²) in [7, 11) is 0. The highest BCUT2D eigenvalue weighted by atomic mass is 32.1. The molecule has 0 amide bonds. The molecule has 8 aromatic carbocycles. The minimum absolute atomic E-state index is 0.00185. The van der Waals surface area contributed by atoms with Crippen molar-refractivity contribution in [2.24, 2.45) is 0 Å². The summed E-state index contributed by atoms with van der Waals surface area (Å²) in [5.74, 6) is 0. The molecule has 2 aliphatic heterocycles. The van der Waals surface area contributed by atoms with Crippen molar-refractivity contribution in [3.63, 3.8) is 0 Å². The van der Waals surface area contributed by atoms with Gasteiger partial charge in [-0.05, 0) is 211 Å². The van der Waals surface area contributed by atoms with Crippen LogP contribution in [0.2, 0.25) is 0 Å². The summed E-state index contributed by atoms with van der Waals surface area (Å²) in [6.07, 6.45) is 4.69. The normalized spacial score (nSPS) is 17.3. The fourth-order valence-electron chi connectivity index (χ4n) is 14.2. The largest absolute Gasteiger partial charge is 0.311 e. The van der Waals surface area contributed by atoms with E-state index in [2.05, 4.69) is 282 Å². The topological polar surface area (TPSA) is 9.72 Å². The van der Waals surface area contributed by atoms with Gasteiger partial charge in [-0.25, -0.2) is 0 Å². The van der Waals surface area contributed by atoms with E-state index in [1.807, 2.05) is 11.3 Å². The van der Waals surface area contributed by atoms with Crippen molar-refractivity contribution in [2.75, 3.05) is 14.7 Å². The van der Waals surface area contributed by atoms with E-state index in [9.17, 15) is 0 Å². The van der Waals surface area contributed by atoms with Crippen LogP contribution >= 0.6 is 11.3 Å². The van der Waals surface area contributed by atoms with Gasteiger partial charge in [-0.15, -0.1) is 11.3 Å². The highest BCUT2D eigenvalue weighted by Gasteiger charge is 2.48. The van der Waals surface area contributed by atoms with Crippen molar-refractivity contribution in [3.05, 3.63) is 203 Å². The Hall–Kier alpha value is -6.82. The van der Waals surface area contributed by atoms with Crippen LogP contribution in [0.25, 0.3) is 21.2 Å². The Morgan fingerprint density at radius 3 is 1.44 bits per heavy atom. The van der Waals surface area contributed by atoms with Crippen molar-refractivity contribution < 1.29 is 0 Å². The number of hydrogen-bond donors (Lipinski definition) is 0. The molecule has 0 spiro atoms. The Kier molecular flexibility index (Phi) is 11.9. The van der Waals surface area contributed by atoms with Gasteiger partial charge in [0.1, 0.15) is 0 Å². The first-order chi connectivity index (χ1) is 37.8. The van der Waals surface area contributed by atoms with Crippen molar-refractivity contribution in [2.45, 2.75) is 162 Å². The van der Waals surface area contributed by atoms with Gasteiger partial charge in [0, 0.05) is 60.4 Å². The first-order valence-electron chi connectivity index (χ1n) is 29.6. The molecule has 9 aromatic rings. The quantitative estimate of drug-likeness (QED) is 0.154. The molecule has 0 fully saturated rings. The molecule has 3 nitrogen and oxygen atoms in total. The maximum atomic E-state index is 2.71. The third-order valence-corrected chi connectivity index (χ3v) is 20.6. The summed E-state index contributed by atoms with van der Waals surface area (Å²) in [6.45, 7) is 36.1. The van der Waals surface area contributed by atoms with Crippen LogP contribution in [0, 0.1) is 6.92 Å². The number of anilines is 9. The second-order valence-electron chi connectivity index (χ2n) is 28.8. The molecule has 4 aliphatic rings. The zero-order chi connectivity index (χ0) is 56.2. The monoisotopic (exact) mass is 1070 g/mol. The lowest BCUT2D eigenvalue weighted by Gasteiger charge is -2.44. The van der Waals surface area contributed by atoms with Crippen LogP contribution in [-0.4, -0.2) is 6.71 Å². The highest BCUT2D eigenvalue weighted by molar-refractivity contribution is 7.33. The number of thiophene rings is 1.